The number of likely N-dealkylation sites (tertiary alicyclic amines) is 1. The Bertz CT molecular complexity index is 859. The zero-order valence-corrected chi connectivity index (χ0v) is 17.3. The number of carbonyl (C=O) groups excluding carboxylic acids is 4. The summed E-state index contributed by atoms with van der Waals surface area (Å²) in [5.74, 6) is -6.07. The minimum Gasteiger partial charge on any atom is -0.481 e. The fraction of sp³-hybridized carbons (Fsp3) is 0.500. The average Bonchev–Trinajstić information content (AvgIpc) is 2.66. The third-order valence-electron chi connectivity index (χ3n) is 4.25. The Morgan fingerprint density at radius 3 is 2.10 bits per heavy atom. The van der Waals surface area contributed by atoms with Gasteiger partial charge in [0.05, 0.1) is 19.2 Å². The second-order valence-corrected chi connectivity index (χ2v) is 7.82. The standard InChI is InChI=1S/C20H22F3NO7/c1-19(2,3)31-18(28)24-9-13(16(26)20(21,22)23)15(25)14(10-24)30-12-7-5-11(6-8-12)17(27)29-4/h5-8,13-14H,9-10H2,1-4H3. The summed E-state index contributed by atoms with van der Waals surface area (Å²) >= 11 is 0. The second-order valence-electron chi connectivity index (χ2n) is 7.82. The van der Waals surface area contributed by atoms with Crippen LogP contribution in [-0.4, -0.2) is 66.6 Å². The Morgan fingerprint density at radius 2 is 1.61 bits per heavy atom. The number of methoxy groups -OCH3 is 1. The molecule has 1 aliphatic heterocycles. The molecule has 1 aromatic carbocycles. The van der Waals surface area contributed by atoms with Crippen molar-refractivity contribution in [3.8, 4) is 5.75 Å². The van der Waals surface area contributed by atoms with Gasteiger partial charge in [0.15, 0.2) is 11.9 Å². The van der Waals surface area contributed by atoms with Gasteiger partial charge in [-0.3, -0.25) is 9.59 Å². The molecule has 2 rings (SSSR count). The number of piperidine rings is 1. The molecule has 1 amide bonds. The molecule has 0 aliphatic carbocycles. The van der Waals surface area contributed by atoms with Crippen LogP contribution in [0.15, 0.2) is 24.3 Å². The Morgan fingerprint density at radius 1 is 1.03 bits per heavy atom. The number of alkyl halides is 3. The summed E-state index contributed by atoms with van der Waals surface area (Å²) in [6.07, 6.45) is -7.78. The van der Waals surface area contributed by atoms with Crippen molar-refractivity contribution in [3.05, 3.63) is 29.8 Å². The normalized spacial score (nSPS) is 19.6. The van der Waals surface area contributed by atoms with Crippen LogP contribution in [0.5, 0.6) is 5.75 Å². The van der Waals surface area contributed by atoms with Crippen LogP contribution in [0.3, 0.4) is 0 Å². The van der Waals surface area contributed by atoms with Gasteiger partial charge in [-0.25, -0.2) is 9.59 Å². The molecule has 0 aromatic heterocycles. The molecule has 0 radical (unpaired) electrons. The van der Waals surface area contributed by atoms with Gasteiger partial charge >= 0.3 is 18.2 Å². The van der Waals surface area contributed by atoms with E-state index in [9.17, 15) is 32.3 Å². The molecule has 11 heteroatoms. The van der Waals surface area contributed by atoms with E-state index in [0.29, 0.717) is 0 Å². The smallest absolute Gasteiger partial charge is 0.450 e. The van der Waals surface area contributed by atoms with Crippen LogP contribution in [0, 0.1) is 5.92 Å². The maximum Gasteiger partial charge on any atom is 0.450 e. The quantitative estimate of drug-likeness (QED) is 0.519. The number of esters is 1. The lowest BCUT2D eigenvalue weighted by Crippen LogP contribution is -2.58. The maximum absolute atomic E-state index is 13.0. The van der Waals surface area contributed by atoms with Gasteiger partial charge in [-0.05, 0) is 45.0 Å². The zero-order chi connectivity index (χ0) is 23.6. The van der Waals surface area contributed by atoms with E-state index in [1.54, 1.807) is 20.8 Å². The molecule has 1 aromatic rings. The zero-order valence-electron chi connectivity index (χ0n) is 17.3. The summed E-state index contributed by atoms with van der Waals surface area (Å²) in [5, 5.41) is 0. The molecule has 1 fully saturated rings. The van der Waals surface area contributed by atoms with Crippen LogP contribution in [0.4, 0.5) is 18.0 Å². The third kappa shape index (κ3) is 6.19. The van der Waals surface area contributed by atoms with Gasteiger partial charge in [-0.2, -0.15) is 13.2 Å². The van der Waals surface area contributed by atoms with Crippen molar-refractivity contribution in [2.45, 2.75) is 38.7 Å². The number of halogens is 3. The minimum atomic E-state index is -5.26. The minimum absolute atomic E-state index is 0.0512. The van der Waals surface area contributed by atoms with Crippen LogP contribution in [0.2, 0.25) is 0 Å². The monoisotopic (exact) mass is 445 g/mol. The largest absolute Gasteiger partial charge is 0.481 e. The SMILES string of the molecule is COC(=O)c1ccc(OC2CN(C(=O)OC(C)(C)C)CC(C(=O)C(F)(F)F)C2=O)cc1. The summed E-state index contributed by atoms with van der Waals surface area (Å²) < 4.78 is 54.2. The van der Waals surface area contributed by atoms with Gasteiger partial charge in [0, 0.05) is 6.54 Å². The number of carbonyl (C=O) groups is 4. The van der Waals surface area contributed by atoms with E-state index in [0.717, 1.165) is 4.90 Å². The lowest BCUT2D eigenvalue weighted by atomic mass is 9.90. The fourth-order valence-electron chi connectivity index (χ4n) is 2.83. The van der Waals surface area contributed by atoms with Gasteiger partial charge < -0.3 is 19.1 Å². The first-order valence-corrected chi connectivity index (χ1v) is 9.20. The third-order valence-corrected chi connectivity index (χ3v) is 4.25. The average molecular weight is 445 g/mol. The van der Waals surface area contributed by atoms with Crippen LogP contribution in [-0.2, 0) is 19.1 Å². The Kier molecular flexibility index (Phi) is 6.97. The van der Waals surface area contributed by atoms with E-state index in [4.69, 9.17) is 9.47 Å². The second kappa shape index (κ2) is 8.94. The Balaban J connectivity index is 2.28. The number of ketones is 2. The van der Waals surface area contributed by atoms with Gasteiger partial charge in [-0.15, -0.1) is 0 Å². The van der Waals surface area contributed by atoms with Crippen molar-refractivity contribution in [3.63, 3.8) is 0 Å². The summed E-state index contributed by atoms with van der Waals surface area (Å²) in [7, 11) is 1.19. The van der Waals surface area contributed by atoms with E-state index in [2.05, 4.69) is 4.74 Å². The molecule has 2 unspecified atom stereocenters. The van der Waals surface area contributed by atoms with Gasteiger partial charge in [-0.1, -0.05) is 0 Å². The summed E-state index contributed by atoms with van der Waals surface area (Å²) in [6.45, 7) is 3.51. The molecule has 8 nitrogen and oxygen atoms in total. The van der Waals surface area contributed by atoms with Crippen LogP contribution >= 0.6 is 0 Å². The molecule has 1 heterocycles. The van der Waals surface area contributed by atoms with Crippen molar-refractivity contribution in [2.75, 3.05) is 20.2 Å². The molecule has 170 valence electrons. The summed E-state index contributed by atoms with van der Waals surface area (Å²) in [6, 6.07) is 5.29. The van der Waals surface area contributed by atoms with Crippen molar-refractivity contribution >= 4 is 23.6 Å². The molecule has 0 spiro atoms. The molecular weight excluding hydrogens is 423 g/mol. The highest BCUT2D eigenvalue weighted by Gasteiger charge is 2.52. The van der Waals surface area contributed by atoms with Crippen molar-refractivity contribution in [1.82, 2.24) is 4.90 Å². The summed E-state index contributed by atoms with van der Waals surface area (Å²) in [4.78, 5) is 49.1. The molecule has 2 atom stereocenters. The van der Waals surface area contributed by atoms with Crippen molar-refractivity contribution in [2.24, 2.45) is 5.92 Å². The topological polar surface area (TPSA) is 99.2 Å². The highest BCUT2D eigenvalue weighted by Crippen LogP contribution is 2.28. The maximum atomic E-state index is 13.0. The number of hydrogen-bond acceptors (Lipinski definition) is 7. The van der Waals surface area contributed by atoms with E-state index in [1.807, 2.05) is 0 Å². The molecule has 1 aliphatic rings. The lowest BCUT2D eigenvalue weighted by Gasteiger charge is -2.36. The highest BCUT2D eigenvalue weighted by atomic mass is 19.4. The first-order chi connectivity index (χ1) is 14.2. The van der Waals surface area contributed by atoms with Crippen LogP contribution in [0.1, 0.15) is 31.1 Å². The van der Waals surface area contributed by atoms with Crippen LogP contribution < -0.4 is 4.74 Å². The van der Waals surface area contributed by atoms with Crippen molar-refractivity contribution < 1.29 is 46.6 Å². The first kappa shape index (κ1) is 24.2. The Hall–Kier alpha value is -3.11. The van der Waals surface area contributed by atoms with E-state index < -0.39 is 60.5 Å². The molecule has 0 N–H and O–H groups in total. The number of benzene rings is 1. The number of Topliss-reactive ketones (excluding diaryl/α,β-unsaturated/α-hetero) is 2. The molecule has 0 saturated carbocycles. The fourth-order valence-corrected chi connectivity index (χ4v) is 2.83. The number of amides is 1. The van der Waals surface area contributed by atoms with E-state index in [1.165, 1.54) is 31.4 Å². The number of rotatable bonds is 4. The highest BCUT2D eigenvalue weighted by molar-refractivity contribution is 6.07. The molecule has 0 bridgehead atoms. The van der Waals surface area contributed by atoms with Crippen molar-refractivity contribution in [1.29, 1.82) is 0 Å². The predicted molar refractivity (Wildman–Crippen MR) is 99.6 cm³/mol. The van der Waals surface area contributed by atoms with Gasteiger partial charge in [0.25, 0.3) is 0 Å². The number of ether oxygens (including phenoxy) is 3. The molecule has 1 saturated heterocycles. The van der Waals surface area contributed by atoms with E-state index >= 15 is 0 Å². The summed E-state index contributed by atoms with van der Waals surface area (Å²) in [5.41, 5.74) is -0.757. The van der Waals surface area contributed by atoms with Crippen LogP contribution in [0.25, 0.3) is 0 Å². The lowest BCUT2D eigenvalue weighted by molar-refractivity contribution is -0.179. The van der Waals surface area contributed by atoms with Gasteiger partial charge in [0.2, 0.25) is 5.78 Å². The molecular formula is C20H22F3NO7. The number of nitrogens with zero attached hydrogens (tertiary/aromatic N) is 1. The first-order valence-electron chi connectivity index (χ1n) is 9.20. The van der Waals surface area contributed by atoms with Gasteiger partial charge in [0.1, 0.15) is 17.3 Å². The molecule has 31 heavy (non-hydrogen) atoms. The van der Waals surface area contributed by atoms with E-state index in [-0.39, 0.29) is 11.3 Å². The number of hydrogen-bond donors (Lipinski definition) is 0. The predicted octanol–water partition coefficient (Wildman–Crippen LogP) is 2.79. The Labute approximate surface area is 176 Å².